The predicted octanol–water partition coefficient (Wildman–Crippen LogP) is 1.51. The summed E-state index contributed by atoms with van der Waals surface area (Å²) in [5.41, 5.74) is 0. The third kappa shape index (κ3) is 5.34. The van der Waals surface area contributed by atoms with Gasteiger partial charge in [0.2, 0.25) is 0 Å². The van der Waals surface area contributed by atoms with Crippen molar-refractivity contribution in [3.05, 3.63) is 0 Å². The standard InChI is InChI=1S/C5H11NS.2ClH/c7-5-1-3-6-4-2-5;;/h5-7H,1-4H2;2*1H. The number of hydrogen-bond acceptors (Lipinski definition) is 2. The van der Waals surface area contributed by atoms with Gasteiger partial charge in [0, 0.05) is 5.25 Å². The van der Waals surface area contributed by atoms with Crippen LogP contribution < -0.4 is 5.32 Å². The van der Waals surface area contributed by atoms with Crippen LogP contribution in [-0.4, -0.2) is 18.3 Å². The maximum Gasteiger partial charge on any atom is 0.00409 e. The van der Waals surface area contributed by atoms with Gasteiger partial charge in [-0.25, -0.2) is 0 Å². The molecule has 0 saturated carbocycles. The van der Waals surface area contributed by atoms with Gasteiger partial charge < -0.3 is 5.32 Å². The van der Waals surface area contributed by atoms with Crippen molar-refractivity contribution in [2.75, 3.05) is 13.1 Å². The van der Waals surface area contributed by atoms with Crippen LogP contribution in [0.15, 0.2) is 0 Å². The molecule has 1 nitrogen and oxygen atoms in total. The second kappa shape index (κ2) is 7.00. The Bertz CT molecular complexity index is 56.9. The Hall–Kier alpha value is 0.890. The summed E-state index contributed by atoms with van der Waals surface area (Å²) in [5, 5.41) is 3.93. The van der Waals surface area contributed by atoms with E-state index in [1.807, 2.05) is 0 Å². The molecule has 9 heavy (non-hydrogen) atoms. The molecule has 1 fully saturated rings. The van der Waals surface area contributed by atoms with Gasteiger partial charge in [-0.05, 0) is 25.9 Å². The van der Waals surface area contributed by atoms with Gasteiger partial charge in [0.1, 0.15) is 0 Å². The van der Waals surface area contributed by atoms with Crippen LogP contribution >= 0.6 is 37.4 Å². The van der Waals surface area contributed by atoms with Crippen molar-refractivity contribution >= 4 is 37.4 Å². The molecule has 4 heteroatoms. The van der Waals surface area contributed by atoms with E-state index in [0.717, 1.165) is 13.1 Å². The summed E-state index contributed by atoms with van der Waals surface area (Å²) < 4.78 is 0. The summed E-state index contributed by atoms with van der Waals surface area (Å²) in [6, 6.07) is 0. The zero-order chi connectivity index (χ0) is 5.11. The van der Waals surface area contributed by atoms with E-state index in [2.05, 4.69) is 17.9 Å². The number of hydrogen-bond donors (Lipinski definition) is 2. The minimum atomic E-state index is 0. The highest BCUT2D eigenvalue weighted by molar-refractivity contribution is 7.80. The van der Waals surface area contributed by atoms with Crippen molar-refractivity contribution in [1.82, 2.24) is 5.32 Å². The lowest BCUT2D eigenvalue weighted by Crippen LogP contribution is -2.27. The smallest absolute Gasteiger partial charge is 0.00409 e. The molecule has 1 heterocycles. The van der Waals surface area contributed by atoms with Crippen LogP contribution in [-0.2, 0) is 0 Å². The molecule has 0 aromatic heterocycles. The second-order valence-corrected chi connectivity index (χ2v) is 2.71. The molecule has 0 spiro atoms. The number of thiol groups is 1. The van der Waals surface area contributed by atoms with E-state index in [-0.39, 0.29) is 24.8 Å². The molecule has 0 radical (unpaired) electrons. The summed E-state index contributed by atoms with van der Waals surface area (Å²) in [7, 11) is 0. The van der Waals surface area contributed by atoms with E-state index < -0.39 is 0 Å². The van der Waals surface area contributed by atoms with E-state index in [0.29, 0.717) is 5.25 Å². The van der Waals surface area contributed by atoms with Crippen molar-refractivity contribution in [3.8, 4) is 0 Å². The molecule has 0 bridgehead atoms. The lowest BCUT2D eigenvalue weighted by molar-refractivity contribution is 0.533. The van der Waals surface area contributed by atoms with E-state index >= 15 is 0 Å². The predicted molar refractivity (Wildman–Crippen MR) is 49.4 cm³/mol. The molecular weight excluding hydrogens is 177 g/mol. The van der Waals surface area contributed by atoms with E-state index in [9.17, 15) is 0 Å². The van der Waals surface area contributed by atoms with Gasteiger partial charge in [0.05, 0.1) is 0 Å². The zero-order valence-corrected chi connectivity index (χ0v) is 7.70. The van der Waals surface area contributed by atoms with Gasteiger partial charge in [0.15, 0.2) is 0 Å². The molecule has 0 atom stereocenters. The molecule has 1 aliphatic heterocycles. The van der Waals surface area contributed by atoms with Crippen LogP contribution in [0.25, 0.3) is 0 Å². The molecule has 1 rings (SSSR count). The molecule has 58 valence electrons. The number of piperidine rings is 1. The SMILES string of the molecule is Cl.Cl.SC1CCNCC1. The minimum absolute atomic E-state index is 0. The summed E-state index contributed by atoms with van der Waals surface area (Å²) in [6.07, 6.45) is 2.48. The van der Waals surface area contributed by atoms with E-state index in [4.69, 9.17) is 0 Å². The highest BCUT2D eigenvalue weighted by Crippen LogP contribution is 2.07. The monoisotopic (exact) mass is 189 g/mol. The molecule has 0 aromatic carbocycles. The van der Waals surface area contributed by atoms with Crippen molar-refractivity contribution in [3.63, 3.8) is 0 Å². The molecule has 1 aliphatic rings. The maximum absolute atomic E-state index is 4.32. The van der Waals surface area contributed by atoms with E-state index in [1.165, 1.54) is 12.8 Å². The van der Waals surface area contributed by atoms with Crippen LogP contribution in [0.2, 0.25) is 0 Å². The Morgan fingerprint density at radius 3 is 1.78 bits per heavy atom. The highest BCUT2D eigenvalue weighted by Gasteiger charge is 2.05. The fourth-order valence-corrected chi connectivity index (χ4v) is 1.06. The van der Waals surface area contributed by atoms with Crippen molar-refractivity contribution in [2.45, 2.75) is 18.1 Å². The van der Waals surface area contributed by atoms with Crippen molar-refractivity contribution < 1.29 is 0 Å². The highest BCUT2D eigenvalue weighted by atomic mass is 35.5. The molecular formula is C5H13Cl2NS. The van der Waals surface area contributed by atoms with Gasteiger partial charge in [-0.2, -0.15) is 12.6 Å². The van der Waals surface area contributed by atoms with Crippen molar-refractivity contribution in [1.29, 1.82) is 0 Å². The summed E-state index contributed by atoms with van der Waals surface area (Å²) in [6.45, 7) is 2.32. The number of rotatable bonds is 0. The third-order valence-electron chi connectivity index (χ3n) is 1.31. The first kappa shape index (κ1) is 12.6. The Kier molecular flexibility index (Phi) is 9.77. The number of halogens is 2. The molecule has 0 unspecified atom stereocenters. The lowest BCUT2D eigenvalue weighted by atomic mass is 10.2. The normalized spacial score (nSPS) is 19.7. The molecule has 1 saturated heterocycles. The van der Waals surface area contributed by atoms with Crippen LogP contribution in [0.3, 0.4) is 0 Å². The molecule has 0 aromatic rings. The summed E-state index contributed by atoms with van der Waals surface area (Å²) in [5.74, 6) is 0. The van der Waals surface area contributed by atoms with Crippen LogP contribution in [0.1, 0.15) is 12.8 Å². The van der Waals surface area contributed by atoms with E-state index in [1.54, 1.807) is 0 Å². The maximum atomic E-state index is 4.32. The first-order valence-corrected chi connectivity index (χ1v) is 3.30. The largest absolute Gasteiger partial charge is 0.317 e. The van der Waals surface area contributed by atoms with Crippen molar-refractivity contribution in [2.24, 2.45) is 0 Å². The summed E-state index contributed by atoms with van der Waals surface area (Å²) >= 11 is 4.32. The second-order valence-electron chi connectivity index (χ2n) is 1.98. The molecule has 0 aliphatic carbocycles. The fourth-order valence-electron chi connectivity index (χ4n) is 0.807. The fraction of sp³-hybridized carbons (Fsp3) is 1.00. The van der Waals surface area contributed by atoms with Gasteiger partial charge >= 0.3 is 0 Å². The lowest BCUT2D eigenvalue weighted by Gasteiger charge is -2.16. The summed E-state index contributed by atoms with van der Waals surface area (Å²) in [4.78, 5) is 0. The topological polar surface area (TPSA) is 12.0 Å². The zero-order valence-electron chi connectivity index (χ0n) is 5.17. The average molecular weight is 190 g/mol. The molecule has 0 amide bonds. The van der Waals surface area contributed by atoms with Gasteiger partial charge in [-0.15, -0.1) is 24.8 Å². The minimum Gasteiger partial charge on any atom is -0.317 e. The number of nitrogens with one attached hydrogen (secondary N) is 1. The van der Waals surface area contributed by atoms with Crippen LogP contribution in [0, 0.1) is 0 Å². The van der Waals surface area contributed by atoms with Gasteiger partial charge in [0.25, 0.3) is 0 Å². The quantitative estimate of drug-likeness (QED) is 0.552. The first-order chi connectivity index (χ1) is 3.39. The Morgan fingerprint density at radius 2 is 1.56 bits per heavy atom. The third-order valence-corrected chi connectivity index (χ3v) is 1.83. The van der Waals surface area contributed by atoms with Crippen LogP contribution in [0.4, 0.5) is 0 Å². The van der Waals surface area contributed by atoms with Gasteiger partial charge in [-0.1, -0.05) is 0 Å². The Balaban J connectivity index is 0. The molecule has 1 N–H and O–H groups in total. The first-order valence-electron chi connectivity index (χ1n) is 2.78. The average Bonchev–Trinajstić information content (AvgIpc) is 1.69. The Morgan fingerprint density at radius 1 is 1.11 bits per heavy atom. The van der Waals surface area contributed by atoms with Gasteiger partial charge in [-0.3, -0.25) is 0 Å². The van der Waals surface area contributed by atoms with Crippen LogP contribution in [0.5, 0.6) is 0 Å². The Labute approximate surface area is 74.2 Å².